The van der Waals surface area contributed by atoms with Crippen LogP contribution in [-0.4, -0.2) is 80.7 Å². The van der Waals surface area contributed by atoms with E-state index in [-0.39, 0.29) is 5.75 Å². The zero-order chi connectivity index (χ0) is 20.0. The largest absolute Gasteiger partial charge is 0.355 e. The number of anilines is 1. The van der Waals surface area contributed by atoms with E-state index < -0.39 is 10.0 Å². The Labute approximate surface area is 171 Å². The van der Waals surface area contributed by atoms with Crippen molar-refractivity contribution < 1.29 is 8.42 Å². The van der Waals surface area contributed by atoms with Crippen LogP contribution in [0.2, 0.25) is 0 Å². The third-order valence-electron chi connectivity index (χ3n) is 5.31. The first-order chi connectivity index (χ1) is 13.5. The molecule has 2 N–H and O–H groups in total. The lowest BCUT2D eigenvalue weighted by atomic mass is 9.86. The maximum atomic E-state index is 12.1. The smallest absolute Gasteiger partial charge is 0.213 e. The summed E-state index contributed by atoms with van der Waals surface area (Å²) in [6.07, 6.45) is 4.34. The Balaban J connectivity index is 1.40. The minimum absolute atomic E-state index is 0.0588. The van der Waals surface area contributed by atoms with Gasteiger partial charge in [-0.25, -0.2) is 18.1 Å². The van der Waals surface area contributed by atoms with Crippen LogP contribution < -0.4 is 14.9 Å². The van der Waals surface area contributed by atoms with Gasteiger partial charge in [-0.3, -0.25) is 4.99 Å². The second kappa shape index (κ2) is 9.84. The molecule has 1 aliphatic heterocycles. The third-order valence-corrected chi connectivity index (χ3v) is 7.47. The zero-order valence-corrected chi connectivity index (χ0v) is 18.4. The average molecular weight is 430 g/mol. The quantitative estimate of drug-likeness (QED) is 0.459. The van der Waals surface area contributed by atoms with Gasteiger partial charge < -0.3 is 15.1 Å². The SMILES string of the molecule is CCc1nsc(N2CCN(C(=NC)NCCS(=O)(=O)NCC3CCC3)CC2)n1. The highest BCUT2D eigenvalue weighted by Crippen LogP contribution is 2.25. The van der Waals surface area contributed by atoms with Gasteiger partial charge in [0.05, 0.1) is 5.75 Å². The molecule has 1 aromatic rings. The van der Waals surface area contributed by atoms with E-state index >= 15 is 0 Å². The first kappa shape index (κ1) is 21.3. The summed E-state index contributed by atoms with van der Waals surface area (Å²) in [5.74, 6) is 2.23. The van der Waals surface area contributed by atoms with Gasteiger partial charge in [-0.15, -0.1) is 0 Å². The van der Waals surface area contributed by atoms with Gasteiger partial charge in [-0.05, 0) is 18.8 Å². The van der Waals surface area contributed by atoms with Gasteiger partial charge in [-0.2, -0.15) is 4.37 Å². The number of piperazine rings is 1. The highest BCUT2D eigenvalue weighted by atomic mass is 32.2. The normalized spacial score (nSPS) is 19.0. The first-order valence-electron chi connectivity index (χ1n) is 10.0. The topological polar surface area (TPSA) is 103 Å². The molecule has 1 saturated heterocycles. The number of guanidine groups is 1. The molecular formula is C17H31N7O2S2. The lowest BCUT2D eigenvalue weighted by molar-refractivity contribution is 0.316. The van der Waals surface area contributed by atoms with Gasteiger partial charge in [-0.1, -0.05) is 13.3 Å². The van der Waals surface area contributed by atoms with Crippen LogP contribution in [0.4, 0.5) is 5.13 Å². The van der Waals surface area contributed by atoms with E-state index in [1.165, 1.54) is 18.0 Å². The summed E-state index contributed by atoms with van der Waals surface area (Å²) in [6.45, 7) is 6.30. The molecule has 0 radical (unpaired) electrons. The Morgan fingerprint density at radius 3 is 2.61 bits per heavy atom. The summed E-state index contributed by atoms with van der Waals surface area (Å²) in [4.78, 5) is 13.3. The van der Waals surface area contributed by atoms with Crippen LogP contribution in [0, 0.1) is 5.92 Å². The highest BCUT2D eigenvalue weighted by molar-refractivity contribution is 7.89. The van der Waals surface area contributed by atoms with Crippen LogP contribution >= 0.6 is 11.5 Å². The number of hydrogen-bond acceptors (Lipinski definition) is 7. The molecule has 0 spiro atoms. The van der Waals surface area contributed by atoms with Crippen LogP contribution in [0.25, 0.3) is 0 Å². The molecule has 2 fully saturated rings. The van der Waals surface area contributed by atoms with Gasteiger partial charge >= 0.3 is 0 Å². The second-order valence-electron chi connectivity index (χ2n) is 7.26. The molecule has 0 aromatic carbocycles. The molecule has 0 unspecified atom stereocenters. The first-order valence-corrected chi connectivity index (χ1v) is 12.4. The van der Waals surface area contributed by atoms with Crippen molar-refractivity contribution >= 4 is 32.6 Å². The highest BCUT2D eigenvalue weighted by Gasteiger charge is 2.23. The molecule has 1 aromatic heterocycles. The molecule has 0 amide bonds. The Bertz CT molecular complexity index is 753. The fourth-order valence-electron chi connectivity index (χ4n) is 3.27. The summed E-state index contributed by atoms with van der Waals surface area (Å²) in [5.41, 5.74) is 0. The molecule has 3 rings (SSSR count). The maximum absolute atomic E-state index is 12.1. The van der Waals surface area contributed by atoms with Crippen LogP contribution in [0.3, 0.4) is 0 Å². The Hall–Kier alpha value is -1.46. The van der Waals surface area contributed by atoms with E-state index in [0.717, 1.165) is 62.4 Å². The van der Waals surface area contributed by atoms with E-state index in [2.05, 4.69) is 41.1 Å². The number of aryl methyl sites for hydroxylation is 1. The van der Waals surface area contributed by atoms with Gasteiger partial charge in [0.2, 0.25) is 15.2 Å². The van der Waals surface area contributed by atoms with Crippen molar-refractivity contribution in [3.05, 3.63) is 5.82 Å². The number of sulfonamides is 1. The van der Waals surface area contributed by atoms with E-state index in [9.17, 15) is 8.42 Å². The van der Waals surface area contributed by atoms with Gasteiger partial charge in [0.15, 0.2) is 5.96 Å². The number of nitrogens with zero attached hydrogens (tertiary/aromatic N) is 5. The zero-order valence-electron chi connectivity index (χ0n) is 16.7. The number of rotatable bonds is 8. The molecule has 1 saturated carbocycles. The molecule has 11 heteroatoms. The minimum Gasteiger partial charge on any atom is -0.355 e. The Kier molecular flexibility index (Phi) is 7.47. The standard InChI is InChI=1S/C17H31N7O2S2/c1-3-15-21-17(27-22-15)24-10-8-23(9-11-24)16(18-2)19-7-12-28(25,26)20-13-14-5-4-6-14/h14,20H,3-13H2,1-2H3,(H,18,19). The summed E-state index contributed by atoms with van der Waals surface area (Å²) in [5, 5.41) is 4.17. The van der Waals surface area contributed by atoms with E-state index in [1.807, 2.05) is 0 Å². The molecule has 2 heterocycles. The predicted octanol–water partition coefficient (Wildman–Crippen LogP) is 0.517. The van der Waals surface area contributed by atoms with Crippen LogP contribution in [0.1, 0.15) is 32.0 Å². The van der Waals surface area contributed by atoms with Gasteiger partial charge in [0.1, 0.15) is 5.82 Å². The number of aliphatic imine (C=N–C) groups is 1. The van der Waals surface area contributed by atoms with Crippen LogP contribution in [0.15, 0.2) is 4.99 Å². The molecular weight excluding hydrogens is 398 g/mol. The molecule has 0 bridgehead atoms. The van der Waals surface area contributed by atoms with Crippen molar-refractivity contribution in [1.82, 2.24) is 24.3 Å². The van der Waals surface area contributed by atoms with E-state index in [4.69, 9.17) is 0 Å². The number of aromatic nitrogens is 2. The van der Waals surface area contributed by atoms with Crippen molar-refractivity contribution in [2.24, 2.45) is 10.9 Å². The lowest BCUT2D eigenvalue weighted by Crippen LogP contribution is -2.53. The monoisotopic (exact) mass is 429 g/mol. The fraction of sp³-hybridized carbons (Fsp3) is 0.824. The fourth-order valence-corrected chi connectivity index (χ4v) is 5.08. The molecule has 28 heavy (non-hydrogen) atoms. The number of hydrogen-bond donors (Lipinski definition) is 2. The predicted molar refractivity (Wildman–Crippen MR) is 114 cm³/mol. The number of nitrogens with one attached hydrogen (secondary N) is 2. The van der Waals surface area contributed by atoms with Crippen molar-refractivity contribution in [2.75, 3.05) is 57.0 Å². The van der Waals surface area contributed by atoms with Crippen molar-refractivity contribution in [3.8, 4) is 0 Å². The third kappa shape index (κ3) is 5.77. The Morgan fingerprint density at radius 2 is 2.04 bits per heavy atom. The summed E-state index contributed by atoms with van der Waals surface area (Å²) in [7, 11) is -1.51. The van der Waals surface area contributed by atoms with E-state index in [1.54, 1.807) is 7.05 Å². The lowest BCUT2D eigenvalue weighted by Gasteiger charge is -2.36. The average Bonchev–Trinajstić information content (AvgIpc) is 3.13. The molecule has 0 atom stereocenters. The van der Waals surface area contributed by atoms with Crippen molar-refractivity contribution in [3.63, 3.8) is 0 Å². The molecule has 1 aliphatic carbocycles. The van der Waals surface area contributed by atoms with Crippen molar-refractivity contribution in [1.29, 1.82) is 0 Å². The molecule has 158 valence electrons. The van der Waals surface area contributed by atoms with Crippen molar-refractivity contribution in [2.45, 2.75) is 32.6 Å². The molecule has 2 aliphatic rings. The minimum atomic E-state index is -3.24. The van der Waals surface area contributed by atoms with Crippen LogP contribution in [-0.2, 0) is 16.4 Å². The Morgan fingerprint density at radius 1 is 1.29 bits per heavy atom. The summed E-state index contributed by atoms with van der Waals surface area (Å²) >= 11 is 1.45. The van der Waals surface area contributed by atoms with Gasteiger partial charge in [0, 0.05) is 64.3 Å². The summed E-state index contributed by atoms with van der Waals surface area (Å²) < 4.78 is 31.3. The maximum Gasteiger partial charge on any atom is 0.213 e. The second-order valence-corrected chi connectivity index (χ2v) is 9.92. The van der Waals surface area contributed by atoms with Crippen LogP contribution in [0.5, 0.6) is 0 Å². The van der Waals surface area contributed by atoms with E-state index in [0.29, 0.717) is 19.0 Å². The molecule has 9 nitrogen and oxygen atoms in total. The van der Waals surface area contributed by atoms with Gasteiger partial charge in [0.25, 0.3) is 0 Å². The summed E-state index contributed by atoms with van der Waals surface area (Å²) in [6, 6.07) is 0.